The Balaban J connectivity index is 1.50. The van der Waals surface area contributed by atoms with Crippen LogP contribution in [0.25, 0.3) is 0 Å². The van der Waals surface area contributed by atoms with Crippen LogP contribution in [0.5, 0.6) is 0 Å². The lowest BCUT2D eigenvalue weighted by atomic mass is 10.1. The predicted molar refractivity (Wildman–Crippen MR) is 160 cm³/mol. The third kappa shape index (κ3) is 8.75. The fourth-order valence-electron chi connectivity index (χ4n) is 4.51. The Morgan fingerprint density at radius 3 is 2.70 bits per heavy atom. The fraction of sp³-hybridized carbons (Fsp3) is 0.625. The zero-order valence-corrected chi connectivity index (χ0v) is 26.6. The van der Waals surface area contributed by atoms with Gasteiger partial charge in [0.15, 0.2) is 23.8 Å². The number of aromatic amines is 1. The van der Waals surface area contributed by atoms with E-state index < -0.39 is 92.4 Å². The quantitative estimate of drug-likeness (QED) is 0.0844. The SMILES string of the molecule is COC1[C@@H](OP(=O)(OC[C@H]2O[C@@H](Nc3ncnc(N)c3N)C[C@H]2O)SCOC(=O)OC(C)C)[C@@H](CO)O[C@H]1n1ccc(=O)[nH]c1=O. The number of aliphatic hydroxyl groups excluding tert-OH is 2. The number of anilines is 3. The van der Waals surface area contributed by atoms with Gasteiger partial charge in [-0.2, -0.15) is 0 Å². The van der Waals surface area contributed by atoms with Gasteiger partial charge in [-0.1, -0.05) is 0 Å². The third-order valence-electron chi connectivity index (χ3n) is 6.67. The van der Waals surface area contributed by atoms with Gasteiger partial charge in [0.25, 0.3) is 5.56 Å². The van der Waals surface area contributed by atoms with Crippen LogP contribution in [0.1, 0.15) is 26.5 Å². The molecule has 0 amide bonds. The van der Waals surface area contributed by atoms with Crippen molar-refractivity contribution in [3.63, 3.8) is 0 Å². The highest BCUT2D eigenvalue weighted by Crippen LogP contribution is 2.63. The summed E-state index contributed by atoms with van der Waals surface area (Å²) in [5.74, 6) is -0.322. The first-order valence-electron chi connectivity index (χ1n) is 13.8. The van der Waals surface area contributed by atoms with Crippen molar-refractivity contribution >= 4 is 41.7 Å². The number of ether oxygens (including phenoxy) is 5. The lowest BCUT2D eigenvalue weighted by molar-refractivity contribution is -0.0625. The van der Waals surface area contributed by atoms with Gasteiger partial charge in [-0.05, 0) is 13.8 Å². The summed E-state index contributed by atoms with van der Waals surface area (Å²) >= 11 is 0.464. The average Bonchev–Trinajstić information content (AvgIpc) is 3.52. The van der Waals surface area contributed by atoms with Crippen molar-refractivity contribution in [1.82, 2.24) is 19.5 Å². The third-order valence-corrected chi connectivity index (χ3v) is 10.0. The number of nitrogen functional groups attached to an aromatic ring is 2. The molecular weight excluding hydrogens is 657 g/mol. The van der Waals surface area contributed by atoms with E-state index in [1.54, 1.807) is 13.8 Å². The fourth-order valence-corrected chi connectivity index (χ4v) is 7.30. The van der Waals surface area contributed by atoms with Gasteiger partial charge in [-0.25, -0.2) is 24.1 Å². The molecule has 2 aliphatic rings. The maximum absolute atomic E-state index is 14.1. The van der Waals surface area contributed by atoms with Gasteiger partial charge in [0.1, 0.15) is 42.7 Å². The Morgan fingerprint density at radius 2 is 2.02 bits per heavy atom. The number of aliphatic hydroxyl groups is 2. The van der Waals surface area contributed by atoms with Crippen molar-refractivity contribution in [2.75, 3.05) is 43.0 Å². The van der Waals surface area contributed by atoms with Crippen LogP contribution in [0.3, 0.4) is 0 Å². The molecule has 2 unspecified atom stereocenters. The zero-order valence-electron chi connectivity index (χ0n) is 24.9. The lowest BCUT2D eigenvalue weighted by Crippen LogP contribution is -2.39. The van der Waals surface area contributed by atoms with E-state index in [4.69, 9.17) is 44.2 Å². The molecule has 2 aliphatic heterocycles. The van der Waals surface area contributed by atoms with Crippen LogP contribution >= 0.6 is 18.2 Å². The lowest BCUT2D eigenvalue weighted by Gasteiger charge is -2.28. The minimum absolute atomic E-state index is 0.0460. The van der Waals surface area contributed by atoms with Gasteiger partial charge in [0.05, 0.1) is 25.4 Å². The number of methoxy groups -OCH3 is 1. The first-order chi connectivity index (χ1) is 21.8. The van der Waals surface area contributed by atoms with Crippen molar-refractivity contribution in [3.8, 4) is 0 Å². The van der Waals surface area contributed by atoms with Crippen molar-refractivity contribution in [2.24, 2.45) is 0 Å². The van der Waals surface area contributed by atoms with Crippen molar-refractivity contribution in [1.29, 1.82) is 0 Å². The minimum atomic E-state index is -4.38. The molecular formula is C24H36N7O13PS. The molecule has 256 valence electrons. The molecule has 4 heterocycles. The molecule has 8 atom stereocenters. The number of hydrogen-bond donors (Lipinski definition) is 6. The first kappa shape index (κ1) is 35.6. The molecule has 22 heteroatoms. The van der Waals surface area contributed by atoms with E-state index in [0.29, 0.717) is 11.4 Å². The Bertz CT molecular complexity index is 1510. The van der Waals surface area contributed by atoms with E-state index in [-0.39, 0.29) is 23.7 Å². The molecule has 2 saturated heterocycles. The number of nitrogens with two attached hydrogens (primary N) is 2. The van der Waals surface area contributed by atoms with E-state index in [1.807, 2.05) is 0 Å². The van der Waals surface area contributed by atoms with Crippen LogP contribution in [0.4, 0.5) is 22.1 Å². The molecule has 46 heavy (non-hydrogen) atoms. The number of aromatic nitrogens is 4. The molecule has 0 aromatic carbocycles. The smallest absolute Gasteiger partial charge is 0.432 e. The van der Waals surface area contributed by atoms with Gasteiger partial charge < -0.3 is 50.7 Å². The average molecular weight is 694 g/mol. The molecule has 0 aliphatic carbocycles. The zero-order chi connectivity index (χ0) is 33.6. The number of nitrogens with zero attached hydrogens (tertiary/aromatic N) is 3. The summed E-state index contributed by atoms with van der Waals surface area (Å²) in [5, 5.41) is 23.6. The highest BCUT2D eigenvalue weighted by Gasteiger charge is 2.51. The second-order valence-corrected chi connectivity index (χ2v) is 14.2. The van der Waals surface area contributed by atoms with Crippen molar-refractivity contribution in [3.05, 3.63) is 39.4 Å². The number of H-pyrrole nitrogens is 1. The number of hydrogen-bond acceptors (Lipinski definition) is 19. The summed E-state index contributed by atoms with van der Waals surface area (Å²) in [5.41, 5.74) is 10.2. The standard InChI is InChI=1S/C24H36N7O13PS/c1-11(2)41-24(36)39-10-46-45(37,40-8-14-12(33)6-16(42-14)30-21-17(25)20(26)27-9-28-21)44-18-13(7-32)43-22(19(18)38-3)31-5-4-15(34)29-23(31)35/h4-5,9,11-14,16,18-19,22,32-33H,6-8,10,25H2,1-3H3,(H,29,34,35)(H3,26,27,28,30)/t12-,13-,14-,16-,18+,19?,22-,45?/m1/s1. The highest BCUT2D eigenvalue weighted by molar-refractivity contribution is 8.55. The van der Waals surface area contributed by atoms with Gasteiger partial charge in [-0.3, -0.25) is 23.4 Å². The second kappa shape index (κ2) is 15.5. The summed E-state index contributed by atoms with van der Waals surface area (Å²) in [6, 6.07) is 1.08. The maximum Gasteiger partial charge on any atom is 0.509 e. The summed E-state index contributed by atoms with van der Waals surface area (Å²) in [6.07, 6.45) is -6.89. The van der Waals surface area contributed by atoms with Crippen LogP contribution in [0.2, 0.25) is 0 Å². The summed E-state index contributed by atoms with van der Waals surface area (Å²) in [6.45, 7) is -2.29. The van der Waals surface area contributed by atoms with Crippen LogP contribution < -0.4 is 28.0 Å². The Labute approximate surface area is 265 Å². The highest BCUT2D eigenvalue weighted by atomic mass is 32.7. The molecule has 4 rings (SSSR count). The van der Waals surface area contributed by atoms with Crippen molar-refractivity contribution in [2.45, 2.75) is 69.3 Å². The van der Waals surface area contributed by atoms with E-state index in [1.165, 1.54) is 19.6 Å². The van der Waals surface area contributed by atoms with E-state index >= 15 is 0 Å². The number of carbonyl (C=O) groups is 1. The predicted octanol–water partition coefficient (Wildman–Crippen LogP) is -0.254. The summed E-state index contributed by atoms with van der Waals surface area (Å²) < 4.78 is 53.8. The van der Waals surface area contributed by atoms with Crippen LogP contribution in [-0.4, -0.2) is 105 Å². The molecule has 0 saturated carbocycles. The van der Waals surface area contributed by atoms with E-state index in [9.17, 15) is 29.2 Å². The van der Waals surface area contributed by atoms with Crippen molar-refractivity contribution < 1.29 is 52.3 Å². The normalized spacial score (nSPS) is 27.4. The summed E-state index contributed by atoms with van der Waals surface area (Å²) in [4.78, 5) is 45.9. The van der Waals surface area contributed by atoms with Crippen LogP contribution in [0.15, 0.2) is 28.2 Å². The number of rotatable bonds is 14. The van der Waals surface area contributed by atoms with E-state index in [2.05, 4.69) is 20.3 Å². The molecule has 20 nitrogen and oxygen atoms in total. The molecule has 0 radical (unpaired) electrons. The van der Waals surface area contributed by atoms with E-state index in [0.717, 1.165) is 10.6 Å². The minimum Gasteiger partial charge on any atom is -0.432 e. The largest absolute Gasteiger partial charge is 0.509 e. The summed E-state index contributed by atoms with van der Waals surface area (Å²) in [7, 11) is 1.27. The van der Waals surface area contributed by atoms with Crippen LogP contribution in [0, 0.1) is 0 Å². The first-order valence-corrected chi connectivity index (χ1v) is 16.9. The maximum atomic E-state index is 14.1. The van der Waals surface area contributed by atoms with Gasteiger partial charge in [0, 0.05) is 37.2 Å². The number of carbonyl (C=O) groups excluding carboxylic acids is 1. The second-order valence-electron chi connectivity index (χ2n) is 10.2. The Kier molecular flexibility index (Phi) is 12.0. The Morgan fingerprint density at radius 1 is 1.26 bits per heavy atom. The molecule has 8 N–H and O–H groups in total. The van der Waals surface area contributed by atoms with Gasteiger partial charge in [-0.15, -0.1) is 0 Å². The van der Waals surface area contributed by atoms with Gasteiger partial charge >= 0.3 is 18.6 Å². The molecule has 2 fully saturated rings. The van der Waals surface area contributed by atoms with Crippen LogP contribution in [-0.2, 0) is 37.3 Å². The Hall–Kier alpha value is -3.27. The monoisotopic (exact) mass is 693 g/mol. The molecule has 0 spiro atoms. The molecule has 2 aromatic heterocycles. The molecule has 0 bridgehead atoms. The number of nitrogens with one attached hydrogen (secondary N) is 2. The topological polar surface area (TPSA) is 284 Å². The molecule has 2 aromatic rings. The van der Waals surface area contributed by atoms with Gasteiger partial charge in [0.2, 0.25) is 0 Å².